The first-order chi connectivity index (χ1) is 10.2. The lowest BCUT2D eigenvalue weighted by atomic mass is 10.2. The van der Waals surface area contributed by atoms with E-state index in [1.54, 1.807) is 12.3 Å². The zero-order valence-electron chi connectivity index (χ0n) is 11.6. The van der Waals surface area contributed by atoms with E-state index in [9.17, 15) is 0 Å². The lowest BCUT2D eigenvalue weighted by Crippen LogP contribution is -1.98. The van der Waals surface area contributed by atoms with Gasteiger partial charge in [0.15, 0.2) is 0 Å². The van der Waals surface area contributed by atoms with Crippen molar-refractivity contribution >= 4 is 26.8 Å². The van der Waals surface area contributed by atoms with Gasteiger partial charge in [-0.05, 0) is 34.5 Å². The summed E-state index contributed by atoms with van der Waals surface area (Å²) in [6.45, 7) is 2.10. The first-order valence-electron chi connectivity index (χ1n) is 6.80. The first-order valence-corrected chi connectivity index (χ1v) is 7.60. The van der Waals surface area contributed by atoms with E-state index in [0.717, 1.165) is 34.2 Å². The molecular weight excluding hydrogens is 330 g/mol. The second-order valence-corrected chi connectivity index (χ2v) is 5.47. The molecule has 106 valence electrons. The number of halogens is 1. The highest BCUT2D eigenvalue weighted by molar-refractivity contribution is 9.10. The minimum atomic E-state index is 0.525. The second kappa shape index (κ2) is 6.18. The van der Waals surface area contributed by atoms with Crippen molar-refractivity contribution in [2.45, 2.75) is 19.8 Å². The third kappa shape index (κ3) is 3.36. The number of aromatic nitrogens is 3. The van der Waals surface area contributed by atoms with Crippen molar-refractivity contribution in [3.05, 3.63) is 53.0 Å². The Morgan fingerprint density at radius 2 is 2.00 bits per heavy atom. The van der Waals surface area contributed by atoms with Crippen LogP contribution in [0.4, 0.5) is 0 Å². The monoisotopic (exact) mass is 343 g/mol. The fourth-order valence-corrected chi connectivity index (χ4v) is 2.46. The molecule has 1 aromatic carbocycles. The number of pyridine rings is 1. The van der Waals surface area contributed by atoms with Gasteiger partial charge in [-0.1, -0.05) is 25.1 Å². The normalized spacial score (nSPS) is 10.8. The summed E-state index contributed by atoms with van der Waals surface area (Å²) in [7, 11) is 0. The SMILES string of the molecule is CCCc1nc(Br)cc(Oc2cnc3ccccc3c2)n1. The van der Waals surface area contributed by atoms with Crippen LogP contribution in [0, 0.1) is 0 Å². The molecule has 0 unspecified atom stereocenters. The van der Waals surface area contributed by atoms with Gasteiger partial charge >= 0.3 is 0 Å². The predicted molar refractivity (Wildman–Crippen MR) is 85.5 cm³/mol. The van der Waals surface area contributed by atoms with Gasteiger partial charge in [0, 0.05) is 17.9 Å². The number of para-hydroxylation sites is 1. The van der Waals surface area contributed by atoms with E-state index in [2.05, 4.69) is 37.8 Å². The lowest BCUT2D eigenvalue weighted by Gasteiger charge is -2.07. The van der Waals surface area contributed by atoms with Gasteiger partial charge in [0.05, 0.1) is 11.7 Å². The molecule has 0 N–H and O–H groups in total. The first kappa shape index (κ1) is 13.9. The van der Waals surface area contributed by atoms with Crippen LogP contribution in [0.5, 0.6) is 11.6 Å². The van der Waals surface area contributed by atoms with Gasteiger partial charge in [0.2, 0.25) is 5.88 Å². The zero-order valence-corrected chi connectivity index (χ0v) is 13.2. The van der Waals surface area contributed by atoms with Gasteiger partial charge in [-0.2, -0.15) is 4.98 Å². The summed E-state index contributed by atoms with van der Waals surface area (Å²) >= 11 is 3.39. The van der Waals surface area contributed by atoms with Crippen molar-refractivity contribution < 1.29 is 4.74 Å². The van der Waals surface area contributed by atoms with Crippen LogP contribution in [0.15, 0.2) is 47.2 Å². The summed E-state index contributed by atoms with van der Waals surface area (Å²) in [6.07, 6.45) is 3.52. The van der Waals surface area contributed by atoms with Crippen LogP contribution >= 0.6 is 15.9 Å². The highest BCUT2D eigenvalue weighted by atomic mass is 79.9. The van der Waals surface area contributed by atoms with Crippen molar-refractivity contribution in [2.75, 3.05) is 0 Å². The molecule has 5 heteroatoms. The van der Waals surface area contributed by atoms with Crippen molar-refractivity contribution in [1.82, 2.24) is 15.0 Å². The van der Waals surface area contributed by atoms with E-state index in [1.165, 1.54) is 0 Å². The van der Waals surface area contributed by atoms with Crippen molar-refractivity contribution in [2.24, 2.45) is 0 Å². The molecule has 2 aromatic heterocycles. The number of aryl methyl sites for hydroxylation is 1. The second-order valence-electron chi connectivity index (χ2n) is 4.66. The molecule has 0 aliphatic carbocycles. The van der Waals surface area contributed by atoms with Gasteiger partial charge in [0.25, 0.3) is 0 Å². The molecule has 3 rings (SSSR count). The van der Waals surface area contributed by atoms with Crippen LogP contribution in [0.3, 0.4) is 0 Å². The zero-order chi connectivity index (χ0) is 14.7. The Morgan fingerprint density at radius 1 is 1.14 bits per heavy atom. The molecule has 4 nitrogen and oxygen atoms in total. The Morgan fingerprint density at radius 3 is 2.86 bits per heavy atom. The minimum absolute atomic E-state index is 0.525. The number of rotatable bonds is 4. The van der Waals surface area contributed by atoms with E-state index in [1.807, 2.05) is 30.3 Å². The molecular formula is C16H14BrN3O. The van der Waals surface area contributed by atoms with Crippen molar-refractivity contribution in [3.63, 3.8) is 0 Å². The molecule has 0 aliphatic rings. The molecule has 0 spiro atoms. The molecule has 2 heterocycles. The van der Waals surface area contributed by atoms with Gasteiger partial charge in [0.1, 0.15) is 16.2 Å². The lowest BCUT2D eigenvalue weighted by molar-refractivity contribution is 0.456. The molecule has 0 atom stereocenters. The minimum Gasteiger partial charge on any atom is -0.437 e. The maximum Gasteiger partial charge on any atom is 0.223 e. The van der Waals surface area contributed by atoms with Crippen molar-refractivity contribution in [1.29, 1.82) is 0 Å². The molecule has 0 radical (unpaired) electrons. The molecule has 3 aromatic rings. The quantitative estimate of drug-likeness (QED) is 0.653. The smallest absolute Gasteiger partial charge is 0.223 e. The van der Waals surface area contributed by atoms with E-state index >= 15 is 0 Å². The molecule has 0 aliphatic heterocycles. The predicted octanol–water partition coefficient (Wildman–Crippen LogP) is 4.53. The third-order valence-electron chi connectivity index (χ3n) is 2.98. The summed E-state index contributed by atoms with van der Waals surface area (Å²) < 4.78 is 6.54. The molecule has 0 saturated heterocycles. The summed E-state index contributed by atoms with van der Waals surface area (Å²) in [4.78, 5) is 13.1. The van der Waals surface area contributed by atoms with Gasteiger partial charge < -0.3 is 4.74 Å². The number of fused-ring (bicyclic) bond motifs is 1. The summed E-state index contributed by atoms with van der Waals surface area (Å²) in [6, 6.07) is 11.6. The third-order valence-corrected chi connectivity index (χ3v) is 3.39. The van der Waals surface area contributed by atoms with Crippen LogP contribution < -0.4 is 4.74 Å². The van der Waals surface area contributed by atoms with Crippen LogP contribution in [-0.4, -0.2) is 15.0 Å². The Hall–Kier alpha value is -2.01. The van der Waals surface area contributed by atoms with Crippen LogP contribution in [0.25, 0.3) is 10.9 Å². The van der Waals surface area contributed by atoms with E-state index in [-0.39, 0.29) is 0 Å². The molecule has 0 bridgehead atoms. The Kier molecular flexibility index (Phi) is 4.10. The van der Waals surface area contributed by atoms with E-state index < -0.39 is 0 Å². The summed E-state index contributed by atoms with van der Waals surface area (Å²) in [5, 5.41) is 1.04. The highest BCUT2D eigenvalue weighted by Gasteiger charge is 2.06. The van der Waals surface area contributed by atoms with Gasteiger partial charge in [-0.15, -0.1) is 0 Å². The van der Waals surface area contributed by atoms with E-state index in [0.29, 0.717) is 11.6 Å². The number of hydrogen-bond donors (Lipinski definition) is 0. The maximum atomic E-state index is 5.81. The van der Waals surface area contributed by atoms with Crippen LogP contribution in [0.1, 0.15) is 19.2 Å². The Bertz CT molecular complexity index is 776. The molecule has 0 fully saturated rings. The summed E-state index contributed by atoms with van der Waals surface area (Å²) in [5.74, 6) is 1.97. The highest BCUT2D eigenvalue weighted by Crippen LogP contribution is 2.24. The standard InChI is InChI=1S/C16H14BrN3O/c1-2-5-15-19-14(17)9-16(20-15)21-12-8-11-6-3-4-7-13(11)18-10-12/h3-4,6-10H,2,5H2,1H3. The number of ether oxygens (including phenoxy) is 1. The number of hydrogen-bond acceptors (Lipinski definition) is 4. The van der Waals surface area contributed by atoms with Gasteiger partial charge in [-0.25, -0.2) is 4.98 Å². The fraction of sp³-hybridized carbons (Fsp3) is 0.188. The topological polar surface area (TPSA) is 47.9 Å². The molecule has 0 saturated carbocycles. The average molecular weight is 344 g/mol. The molecule has 0 amide bonds. The van der Waals surface area contributed by atoms with Crippen molar-refractivity contribution in [3.8, 4) is 11.6 Å². The Labute approximate surface area is 131 Å². The number of benzene rings is 1. The maximum absolute atomic E-state index is 5.81. The average Bonchev–Trinajstić information content (AvgIpc) is 2.47. The van der Waals surface area contributed by atoms with Crippen LogP contribution in [-0.2, 0) is 6.42 Å². The van der Waals surface area contributed by atoms with E-state index in [4.69, 9.17) is 4.74 Å². The van der Waals surface area contributed by atoms with Crippen LogP contribution in [0.2, 0.25) is 0 Å². The summed E-state index contributed by atoms with van der Waals surface area (Å²) in [5.41, 5.74) is 0.945. The molecule has 21 heavy (non-hydrogen) atoms. The fourth-order valence-electron chi connectivity index (χ4n) is 2.06. The largest absolute Gasteiger partial charge is 0.437 e. The van der Waals surface area contributed by atoms with Gasteiger partial charge in [-0.3, -0.25) is 4.98 Å². The number of nitrogens with zero attached hydrogens (tertiary/aromatic N) is 3. The Balaban J connectivity index is 1.90.